The topological polar surface area (TPSA) is 162 Å². The molecule has 12 nitrogen and oxygen atoms in total. The van der Waals surface area contributed by atoms with Gasteiger partial charge >= 0.3 is 5.97 Å². The predicted octanol–water partition coefficient (Wildman–Crippen LogP) is 5.51. The normalized spacial score (nSPS) is 13.3. The van der Waals surface area contributed by atoms with Crippen molar-refractivity contribution in [3.63, 3.8) is 0 Å². The molecule has 1 aliphatic rings. The molecular formula is C37H39FN2O10S. The maximum absolute atomic E-state index is 13.7. The number of carbonyl (C=O) groups is 3. The van der Waals surface area contributed by atoms with Crippen molar-refractivity contribution in [2.75, 3.05) is 50.6 Å². The Morgan fingerprint density at radius 2 is 1.71 bits per heavy atom. The molecular weight excluding hydrogens is 683 g/mol. The zero-order chi connectivity index (χ0) is 36.7. The van der Waals surface area contributed by atoms with E-state index in [1.807, 2.05) is 6.07 Å². The quantitative estimate of drug-likeness (QED) is 0.0468. The predicted molar refractivity (Wildman–Crippen MR) is 188 cm³/mol. The molecule has 0 saturated heterocycles. The SMILES string of the molecule is CCOC(=O)C(=O)C=C(O)c1ccc(COCCOCCN(c2cc3oc(-c4ccc(F)cc4)c(C(=O)NC)c3cc2C2CC2)S(C)(=O)=O)cc1. The van der Waals surface area contributed by atoms with E-state index < -0.39 is 27.6 Å². The maximum Gasteiger partial charge on any atom is 0.379 e. The Kier molecular flexibility index (Phi) is 11.9. The molecule has 1 fully saturated rings. The van der Waals surface area contributed by atoms with Gasteiger partial charge in [-0.15, -0.1) is 0 Å². The standard InChI is InChI=1S/C37H39FN2O10S/c1-4-49-37(44)32(42)21-31(41)25-7-5-23(6-8-25)22-48-18-17-47-16-15-40(51(3,45)46)30-20-33-29(19-28(30)24-9-10-24)34(36(43)39-2)35(50-33)26-11-13-27(38)14-12-26/h5-8,11-14,19-21,24,41H,4,9-10,15-18,22H2,1-3H3,(H,39,43). The zero-order valence-electron chi connectivity index (χ0n) is 28.4. The highest BCUT2D eigenvalue weighted by molar-refractivity contribution is 7.92. The number of rotatable bonds is 17. The summed E-state index contributed by atoms with van der Waals surface area (Å²) in [6.07, 6.45) is 3.68. The highest BCUT2D eigenvalue weighted by Gasteiger charge is 2.33. The molecule has 0 spiro atoms. The van der Waals surface area contributed by atoms with Crippen molar-refractivity contribution < 1.29 is 50.9 Å². The van der Waals surface area contributed by atoms with Crippen molar-refractivity contribution in [1.82, 2.24) is 5.32 Å². The Morgan fingerprint density at radius 3 is 2.33 bits per heavy atom. The smallest absolute Gasteiger partial charge is 0.379 e. The second-order valence-corrected chi connectivity index (χ2v) is 13.8. The molecule has 3 aromatic carbocycles. The van der Waals surface area contributed by atoms with E-state index in [1.54, 1.807) is 37.3 Å². The number of nitrogens with one attached hydrogen (secondary N) is 1. The van der Waals surface area contributed by atoms with Gasteiger partial charge < -0.3 is 29.1 Å². The number of amides is 1. The second-order valence-electron chi connectivity index (χ2n) is 11.9. The van der Waals surface area contributed by atoms with Crippen molar-refractivity contribution >= 4 is 50.1 Å². The van der Waals surface area contributed by atoms with Crippen LogP contribution in [0.1, 0.15) is 52.7 Å². The molecule has 51 heavy (non-hydrogen) atoms. The number of sulfonamides is 1. The van der Waals surface area contributed by atoms with Gasteiger partial charge in [0.25, 0.3) is 11.7 Å². The fraction of sp³-hybridized carbons (Fsp3) is 0.324. The third kappa shape index (κ3) is 9.20. The van der Waals surface area contributed by atoms with Crippen LogP contribution in [0.4, 0.5) is 10.1 Å². The van der Waals surface area contributed by atoms with Crippen LogP contribution in [0, 0.1) is 5.82 Å². The number of esters is 1. The third-order valence-electron chi connectivity index (χ3n) is 8.16. The molecule has 0 bridgehead atoms. The van der Waals surface area contributed by atoms with E-state index in [2.05, 4.69) is 10.1 Å². The second kappa shape index (κ2) is 16.3. The van der Waals surface area contributed by atoms with Crippen LogP contribution in [-0.4, -0.2) is 77.5 Å². The van der Waals surface area contributed by atoms with E-state index >= 15 is 0 Å². The van der Waals surface area contributed by atoms with Crippen LogP contribution in [0.15, 0.2) is 71.2 Å². The number of hydrogen-bond donors (Lipinski definition) is 2. The summed E-state index contributed by atoms with van der Waals surface area (Å²) < 4.78 is 63.4. The van der Waals surface area contributed by atoms with Crippen molar-refractivity contribution in [3.8, 4) is 11.3 Å². The number of halogens is 1. The molecule has 1 aliphatic carbocycles. The number of hydrogen-bond acceptors (Lipinski definition) is 10. The number of ether oxygens (including phenoxy) is 3. The molecule has 0 aliphatic heterocycles. The number of anilines is 1. The summed E-state index contributed by atoms with van der Waals surface area (Å²) in [5.41, 5.74) is 3.47. The first-order chi connectivity index (χ1) is 24.4. The van der Waals surface area contributed by atoms with Crippen molar-refractivity contribution in [2.24, 2.45) is 0 Å². The average Bonchev–Trinajstić information content (AvgIpc) is 3.89. The lowest BCUT2D eigenvalue weighted by Crippen LogP contribution is -2.34. The molecule has 1 amide bonds. The number of carbonyl (C=O) groups excluding carboxylic acids is 3. The largest absolute Gasteiger partial charge is 0.507 e. The van der Waals surface area contributed by atoms with Crippen LogP contribution in [0.3, 0.4) is 0 Å². The number of nitrogens with zero attached hydrogens (tertiary/aromatic N) is 1. The molecule has 1 heterocycles. The minimum atomic E-state index is -3.76. The lowest BCUT2D eigenvalue weighted by molar-refractivity contribution is -0.151. The number of aliphatic hydroxyl groups is 1. The summed E-state index contributed by atoms with van der Waals surface area (Å²) in [5, 5.41) is 13.3. The number of aliphatic hydroxyl groups excluding tert-OH is 1. The maximum atomic E-state index is 13.7. The average molecular weight is 723 g/mol. The van der Waals surface area contributed by atoms with E-state index in [0.29, 0.717) is 27.8 Å². The Balaban J connectivity index is 1.22. The summed E-state index contributed by atoms with van der Waals surface area (Å²) in [7, 11) is -2.25. The molecule has 5 rings (SSSR count). The van der Waals surface area contributed by atoms with Crippen LogP contribution in [-0.2, 0) is 40.4 Å². The minimum Gasteiger partial charge on any atom is -0.507 e. The lowest BCUT2D eigenvalue weighted by atomic mass is 10.0. The highest BCUT2D eigenvalue weighted by Crippen LogP contribution is 2.48. The van der Waals surface area contributed by atoms with Crippen molar-refractivity contribution in [3.05, 3.63) is 94.8 Å². The molecule has 1 saturated carbocycles. The molecule has 1 aromatic heterocycles. The highest BCUT2D eigenvalue weighted by atomic mass is 32.2. The molecule has 270 valence electrons. The van der Waals surface area contributed by atoms with Gasteiger partial charge in [-0.1, -0.05) is 24.3 Å². The van der Waals surface area contributed by atoms with E-state index in [0.717, 1.165) is 36.3 Å². The Bertz CT molecular complexity index is 2040. The van der Waals surface area contributed by atoms with Gasteiger partial charge in [-0.25, -0.2) is 17.6 Å². The van der Waals surface area contributed by atoms with Crippen molar-refractivity contribution in [1.29, 1.82) is 0 Å². The first kappa shape index (κ1) is 37.2. The lowest BCUT2D eigenvalue weighted by Gasteiger charge is -2.25. The molecule has 2 N–H and O–H groups in total. The van der Waals surface area contributed by atoms with Crippen LogP contribution in [0.2, 0.25) is 0 Å². The summed E-state index contributed by atoms with van der Waals surface area (Å²) in [5.74, 6) is -2.82. The fourth-order valence-corrected chi connectivity index (χ4v) is 6.43. The van der Waals surface area contributed by atoms with Gasteiger partial charge in [0.2, 0.25) is 10.0 Å². The molecule has 4 aromatic rings. The molecule has 0 unspecified atom stereocenters. The first-order valence-electron chi connectivity index (χ1n) is 16.3. The van der Waals surface area contributed by atoms with E-state index in [-0.39, 0.29) is 68.5 Å². The zero-order valence-corrected chi connectivity index (χ0v) is 29.3. The van der Waals surface area contributed by atoms with Crippen LogP contribution < -0.4 is 9.62 Å². The first-order valence-corrected chi connectivity index (χ1v) is 18.2. The van der Waals surface area contributed by atoms with Gasteiger partial charge in [0.1, 0.15) is 22.9 Å². The van der Waals surface area contributed by atoms with Crippen LogP contribution >= 0.6 is 0 Å². The molecule has 0 atom stereocenters. The molecule has 14 heteroatoms. The van der Waals surface area contributed by atoms with Gasteiger partial charge in [0.15, 0.2) is 0 Å². The molecule has 0 radical (unpaired) electrons. The van der Waals surface area contributed by atoms with Crippen LogP contribution in [0.25, 0.3) is 28.1 Å². The van der Waals surface area contributed by atoms with E-state index in [9.17, 15) is 32.3 Å². The Labute approximate surface area is 294 Å². The summed E-state index contributed by atoms with van der Waals surface area (Å²) in [4.78, 5) is 36.3. The fourth-order valence-electron chi connectivity index (χ4n) is 5.50. The van der Waals surface area contributed by atoms with E-state index in [1.165, 1.54) is 35.6 Å². The van der Waals surface area contributed by atoms with Crippen LogP contribution in [0.5, 0.6) is 0 Å². The van der Waals surface area contributed by atoms with Gasteiger partial charge in [0, 0.05) is 35.7 Å². The van der Waals surface area contributed by atoms with Gasteiger partial charge in [-0.05, 0) is 67.1 Å². The van der Waals surface area contributed by atoms with Gasteiger partial charge in [-0.3, -0.25) is 13.9 Å². The summed E-state index contributed by atoms with van der Waals surface area (Å²) in [6, 6.07) is 15.6. The Morgan fingerprint density at radius 1 is 1.02 bits per heavy atom. The minimum absolute atomic E-state index is 0.0229. The summed E-state index contributed by atoms with van der Waals surface area (Å²) >= 11 is 0. The third-order valence-corrected chi connectivity index (χ3v) is 9.34. The number of fused-ring (bicyclic) bond motifs is 1. The monoisotopic (exact) mass is 722 g/mol. The number of furan rings is 1. The number of benzene rings is 3. The number of ketones is 1. The van der Waals surface area contributed by atoms with Gasteiger partial charge in [0.05, 0.1) is 57.1 Å². The summed E-state index contributed by atoms with van der Waals surface area (Å²) in [6.45, 7) is 2.37. The van der Waals surface area contributed by atoms with E-state index in [4.69, 9.17) is 13.9 Å². The Hall–Kier alpha value is -5.05. The van der Waals surface area contributed by atoms with Gasteiger partial charge in [-0.2, -0.15) is 0 Å². The van der Waals surface area contributed by atoms with Crippen molar-refractivity contribution in [2.45, 2.75) is 32.3 Å².